The van der Waals surface area contributed by atoms with Gasteiger partial charge in [-0.2, -0.15) is 5.10 Å². The number of imidazole rings is 1. The van der Waals surface area contributed by atoms with Crippen LogP contribution in [0.3, 0.4) is 0 Å². The third kappa shape index (κ3) is 4.78. The number of fused-ring (bicyclic) bond motifs is 1. The fourth-order valence-electron chi connectivity index (χ4n) is 4.03. The molecule has 5 rings (SSSR count). The predicted molar refractivity (Wildman–Crippen MR) is 135 cm³/mol. The molecule has 0 aliphatic carbocycles. The Morgan fingerprint density at radius 1 is 0.973 bits per heavy atom. The van der Waals surface area contributed by atoms with E-state index < -0.39 is 16.7 Å². The molecule has 3 aromatic heterocycles. The lowest BCUT2D eigenvalue weighted by molar-refractivity contribution is -0.384. The Morgan fingerprint density at radius 3 is 2.43 bits per heavy atom. The van der Waals surface area contributed by atoms with E-state index in [-0.39, 0.29) is 12.1 Å². The van der Waals surface area contributed by atoms with E-state index in [9.17, 15) is 19.7 Å². The monoisotopic (exact) mass is 495 g/mol. The van der Waals surface area contributed by atoms with Gasteiger partial charge in [0, 0.05) is 35.7 Å². The largest absolute Gasteiger partial charge is 0.295 e. The lowest BCUT2D eigenvalue weighted by atomic mass is 10.1. The maximum Gasteiger partial charge on any atom is 0.288 e. The summed E-state index contributed by atoms with van der Waals surface area (Å²) in [6.07, 6.45) is 3.36. The van der Waals surface area contributed by atoms with Crippen molar-refractivity contribution in [2.45, 2.75) is 13.3 Å². The molecule has 11 nitrogen and oxygen atoms in total. The van der Waals surface area contributed by atoms with Gasteiger partial charge in [0.2, 0.25) is 5.91 Å². The van der Waals surface area contributed by atoms with Crippen LogP contribution in [0.1, 0.15) is 21.7 Å². The Kier molecular flexibility index (Phi) is 6.17. The zero-order valence-electron chi connectivity index (χ0n) is 19.7. The quantitative estimate of drug-likeness (QED) is 0.274. The fraction of sp³-hybridized carbons (Fsp3) is 0.0769. The van der Waals surface area contributed by atoms with Gasteiger partial charge in [-0.3, -0.25) is 35.0 Å². The highest BCUT2D eigenvalue weighted by atomic mass is 16.6. The number of nitrogens with zero attached hydrogens (tertiary/aromatic N) is 5. The third-order valence-electron chi connectivity index (χ3n) is 5.75. The molecule has 2 N–H and O–H groups in total. The molecule has 2 aromatic carbocycles. The van der Waals surface area contributed by atoms with Gasteiger partial charge in [-0.15, -0.1) is 0 Å². The summed E-state index contributed by atoms with van der Waals surface area (Å²) >= 11 is 0. The number of non-ortho nitro benzene ring substituents is 1. The Labute approximate surface area is 210 Å². The molecular formula is C26H21N7O4. The zero-order valence-corrected chi connectivity index (χ0v) is 19.7. The highest BCUT2D eigenvalue weighted by Crippen LogP contribution is 2.26. The van der Waals surface area contributed by atoms with Crippen molar-refractivity contribution in [3.05, 3.63) is 112 Å². The van der Waals surface area contributed by atoms with E-state index in [1.165, 1.54) is 12.1 Å². The second kappa shape index (κ2) is 9.74. The summed E-state index contributed by atoms with van der Waals surface area (Å²) < 4.78 is 3.28. The van der Waals surface area contributed by atoms with Crippen molar-refractivity contribution in [3.8, 4) is 16.9 Å². The van der Waals surface area contributed by atoms with E-state index in [4.69, 9.17) is 0 Å². The molecule has 0 atom stereocenters. The van der Waals surface area contributed by atoms with Crippen LogP contribution in [0, 0.1) is 17.0 Å². The summed E-state index contributed by atoms with van der Waals surface area (Å²) in [5.41, 5.74) is 8.82. The smallest absolute Gasteiger partial charge is 0.288 e. The molecule has 11 heteroatoms. The van der Waals surface area contributed by atoms with Gasteiger partial charge in [0.1, 0.15) is 11.3 Å². The number of carbonyl (C=O) groups is 2. The number of amides is 2. The van der Waals surface area contributed by atoms with Crippen molar-refractivity contribution < 1.29 is 14.5 Å². The van der Waals surface area contributed by atoms with Gasteiger partial charge < -0.3 is 0 Å². The number of hydrogen-bond donors (Lipinski definition) is 2. The number of benzene rings is 2. The number of nitro groups is 1. The first kappa shape index (κ1) is 23.4. The number of hydrogen-bond acceptors (Lipinski definition) is 6. The summed E-state index contributed by atoms with van der Waals surface area (Å²) in [5.74, 6) is -0.962. The first-order chi connectivity index (χ1) is 17.9. The third-order valence-corrected chi connectivity index (χ3v) is 5.75. The van der Waals surface area contributed by atoms with Gasteiger partial charge in [0.05, 0.1) is 28.4 Å². The average Bonchev–Trinajstić information content (AvgIpc) is 3.48. The number of carbonyl (C=O) groups excluding carboxylic acids is 2. The second-order valence-electron chi connectivity index (χ2n) is 8.24. The van der Waals surface area contributed by atoms with E-state index in [0.717, 1.165) is 5.69 Å². The molecule has 0 saturated carbocycles. The lowest BCUT2D eigenvalue weighted by Gasteiger charge is -2.08. The van der Waals surface area contributed by atoms with Crippen molar-refractivity contribution in [2.24, 2.45) is 0 Å². The number of para-hydroxylation sites is 1. The minimum atomic E-state index is -0.500. The predicted octanol–water partition coefficient (Wildman–Crippen LogP) is 3.41. The molecule has 37 heavy (non-hydrogen) atoms. The minimum Gasteiger partial charge on any atom is -0.295 e. The Bertz CT molecular complexity index is 1620. The number of rotatable bonds is 6. The van der Waals surface area contributed by atoms with Crippen LogP contribution in [0.25, 0.3) is 22.6 Å². The summed E-state index contributed by atoms with van der Waals surface area (Å²) in [4.78, 5) is 40.6. The molecule has 2 amide bonds. The van der Waals surface area contributed by atoms with Crippen molar-refractivity contribution in [3.63, 3.8) is 0 Å². The highest BCUT2D eigenvalue weighted by molar-refractivity contribution is 5.96. The van der Waals surface area contributed by atoms with Gasteiger partial charge >= 0.3 is 0 Å². The number of aryl methyl sites for hydroxylation is 1. The van der Waals surface area contributed by atoms with E-state index in [0.29, 0.717) is 33.9 Å². The second-order valence-corrected chi connectivity index (χ2v) is 8.24. The highest BCUT2D eigenvalue weighted by Gasteiger charge is 2.19. The molecule has 5 aromatic rings. The maximum absolute atomic E-state index is 12.8. The van der Waals surface area contributed by atoms with Crippen molar-refractivity contribution in [1.29, 1.82) is 0 Å². The summed E-state index contributed by atoms with van der Waals surface area (Å²) in [6, 6.07) is 20.7. The van der Waals surface area contributed by atoms with E-state index >= 15 is 0 Å². The van der Waals surface area contributed by atoms with Gasteiger partial charge in [0.15, 0.2) is 0 Å². The molecule has 0 spiro atoms. The zero-order chi connectivity index (χ0) is 25.9. The minimum absolute atomic E-state index is 0.0454. The standard InChI is InChI=1S/C26H21N7O4/c1-17-25(31-14-6-5-9-22(31)27-17)26(35)29-28-23(34)15-19-16-32(20-7-3-2-4-8-20)30-24(19)18-10-12-21(13-11-18)33(36)37/h2-14,16H,15H2,1H3,(H,28,34)(H,29,35). The molecule has 0 aliphatic rings. The van der Waals surface area contributed by atoms with Crippen LogP contribution in [0.15, 0.2) is 85.2 Å². The number of aromatic nitrogens is 4. The van der Waals surface area contributed by atoms with Crippen LogP contribution in [-0.4, -0.2) is 35.9 Å². The topological polar surface area (TPSA) is 136 Å². The fourth-order valence-corrected chi connectivity index (χ4v) is 4.03. The Hall–Kier alpha value is -5.32. The number of pyridine rings is 1. The Balaban J connectivity index is 1.37. The Morgan fingerprint density at radius 2 is 1.70 bits per heavy atom. The number of hydrazine groups is 1. The van der Waals surface area contributed by atoms with Gasteiger partial charge in [0.25, 0.3) is 11.6 Å². The number of nitrogens with one attached hydrogen (secondary N) is 2. The molecular weight excluding hydrogens is 474 g/mol. The summed E-state index contributed by atoms with van der Waals surface area (Å²) in [6.45, 7) is 1.72. The van der Waals surface area contributed by atoms with Crippen molar-refractivity contribution >= 4 is 23.1 Å². The van der Waals surface area contributed by atoms with Crippen LogP contribution in [0.4, 0.5) is 5.69 Å². The van der Waals surface area contributed by atoms with Crippen LogP contribution in [0.5, 0.6) is 0 Å². The molecule has 0 aliphatic heterocycles. The average molecular weight is 495 g/mol. The van der Waals surface area contributed by atoms with Gasteiger partial charge in [-0.05, 0) is 43.3 Å². The molecule has 3 heterocycles. The summed E-state index contributed by atoms with van der Waals surface area (Å²) in [7, 11) is 0. The molecule has 0 radical (unpaired) electrons. The van der Waals surface area contributed by atoms with Crippen LogP contribution < -0.4 is 10.9 Å². The lowest BCUT2D eigenvalue weighted by Crippen LogP contribution is -2.43. The first-order valence-electron chi connectivity index (χ1n) is 11.3. The van der Waals surface area contributed by atoms with E-state index in [1.54, 1.807) is 52.7 Å². The molecule has 0 unspecified atom stereocenters. The van der Waals surface area contributed by atoms with Crippen molar-refractivity contribution in [2.75, 3.05) is 0 Å². The first-order valence-corrected chi connectivity index (χ1v) is 11.3. The van der Waals surface area contributed by atoms with E-state index in [2.05, 4.69) is 20.9 Å². The molecule has 0 bridgehead atoms. The van der Waals surface area contributed by atoms with E-state index in [1.807, 2.05) is 36.4 Å². The van der Waals surface area contributed by atoms with Crippen LogP contribution in [-0.2, 0) is 11.2 Å². The van der Waals surface area contributed by atoms with Crippen LogP contribution in [0.2, 0.25) is 0 Å². The van der Waals surface area contributed by atoms with Crippen LogP contribution >= 0.6 is 0 Å². The van der Waals surface area contributed by atoms with Gasteiger partial charge in [-0.25, -0.2) is 9.67 Å². The molecule has 0 fully saturated rings. The summed E-state index contributed by atoms with van der Waals surface area (Å²) in [5, 5.41) is 15.7. The SMILES string of the molecule is Cc1nc2ccccn2c1C(=O)NNC(=O)Cc1cn(-c2ccccc2)nc1-c1ccc([N+](=O)[O-])cc1. The maximum atomic E-state index is 12.8. The molecule has 0 saturated heterocycles. The van der Waals surface area contributed by atoms with Gasteiger partial charge in [-0.1, -0.05) is 24.3 Å². The normalized spacial score (nSPS) is 10.8. The molecule has 184 valence electrons. The number of nitro benzene ring substituents is 1. The van der Waals surface area contributed by atoms with Crippen molar-refractivity contribution in [1.82, 2.24) is 30.0 Å².